The molecule has 1 atom stereocenters. The fraction of sp³-hybridized carbons (Fsp3) is 0.500. The van der Waals surface area contributed by atoms with Crippen LogP contribution in [0.15, 0.2) is 22.7 Å². The van der Waals surface area contributed by atoms with Gasteiger partial charge in [0.05, 0.1) is 11.7 Å². The number of anilines is 1. The van der Waals surface area contributed by atoms with Gasteiger partial charge in [-0.1, -0.05) is 6.92 Å². The third kappa shape index (κ3) is 3.34. The minimum atomic E-state index is -0.324. The van der Waals surface area contributed by atoms with E-state index in [0.717, 1.165) is 30.3 Å². The van der Waals surface area contributed by atoms with Gasteiger partial charge in [-0.25, -0.2) is 4.39 Å². The molecule has 104 valence electrons. The van der Waals surface area contributed by atoms with Crippen molar-refractivity contribution in [2.24, 2.45) is 0 Å². The smallest absolute Gasteiger partial charge is 0.244 e. The molecule has 0 aromatic heterocycles. The van der Waals surface area contributed by atoms with Crippen LogP contribution in [0.5, 0.6) is 0 Å². The number of amides is 1. The van der Waals surface area contributed by atoms with Crippen LogP contribution in [-0.4, -0.2) is 25.0 Å². The number of carbonyl (C=O) groups is 1. The molecule has 1 aromatic carbocycles. The van der Waals surface area contributed by atoms with E-state index in [1.165, 1.54) is 12.1 Å². The fourth-order valence-electron chi connectivity index (χ4n) is 2.32. The lowest BCUT2D eigenvalue weighted by Crippen LogP contribution is -2.51. The fourth-order valence-corrected chi connectivity index (χ4v) is 2.78. The van der Waals surface area contributed by atoms with E-state index in [0.29, 0.717) is 12.2 Å². The molecule has 1 heterocycles. The summed E-state index contributed by atoms with van der Waals surface area (Å²) in [5.74, 6) is -0.291. The highest BCUT2D eigenvalue weighted by atomic mass is 79.9. The highest BCUT2D eigenvalue weighted by Crippen LogP contribution is 2.30. The van der Waals surface area contributed by atoms with E-state index in [2.05, 4.69) is 28.2 Å². The monoisotopic (exact) mass is 328 g/mol. The topological polar surface area (TPSA) is 32.3 Å². The summed E-state index contributed by atoms with van der Waals surface area (Å²) >= 11 is 3.39. The maximum absolute atomic E-state index is 13.4. The number of benzene rings is 1. The van der Waals surface area contributed by atoms with Crippen LogP contribution in [0.2, 0.25) is 0 Å². The van der Waals surface area contributed by atoms with Crippen LogP contribution >= 0.6 is 15.9 Å². The second-order valence-corrected chi connectivity index (χ2v) is 5.59. The Morgan fingerprint density at radius 1 is 1.53 bits per heavy atom. The number of hydrogen-bond donors (Lipinski definition) is 1. The Morgan fingerprint density at radius 2 is 2.32 bits per heavy atom. The summed E-state index contributed by atoms with van der Waals surface area (Å²) in [4.78, 5) is 14.1. The highest BCUT2D eigenvalue weighted by molar-refractivity contribution is 9.10. The van der Waals surface area contributed by atoms with Gasteiger partial charge >= 0.3 is 0 Å². The predicted octanol–water partition coefficient (Wildman–Crippen LogP) is 3.08. The summed E-state index contributed by atoms with van der Waals surface area (Å²) in [6.07, 6.45) is 2.77. The Morgan fingerprint density at radius 3 is 3.05 bits per heavy atom. The van der Waals surface area contributed by atoms with E-state index in [1.54, 1.807) is 11.0 Å². The average molecular weight is 329 g/mol. The molecule has 0 bridgehead atoms. The van der Waals surface area contributed by atoms with Crippen molar-refractivity contribution in [1.82, 2.24) is 5.32 Å². The number of halogens is 2. The molecule has 0 aliphatic carbocycles. The number of hydrogen-bond acceptors (Lipinski definition) is 2. The normalized spacial score (nSPS) is 19.8. The lowest BCUT2D eigenvalue weighted by Gasteiger charge is -2.33. The number of nitrogens with zero attached hydrogens (tertiary/aromatic N) is 1. The first-order valence-corrected chi connectivity index (χ1v) is 7.42. The van der Waals surface area contributed by atoms with E-state index < -0.39 is 0 Å². The summed E-state index contributed by atoms with van der Waals surface area (Å²) in [6, 6.07) is 4.28. The van der Waals surface area contributed by atoms with Gasteiger partial charge < -0.3 is 10.2 Å². The van der Waals surface area contributed by atoms with Crippen molar-refractivity contribution in [2.75, 3.05) is 18.0 Å². The van der Waals surface area contributed by atoms with Gasteiger partial charge in [-0.3, -0.25) is 4.79 Å². The molecule has 5 heteroatoms. The summed E-state index contributed by atoms with van der Waals surface area (Å²) < 4.78 is 14.1. The molecular formula is C14H18BrFN2O. The zero-order valence-electron chi connectivity index (χ0n) is 11.0. The summed E-state index contributed by atoms with van der Waals surface area (Å²) in [5, 5.41) is 3.25. The molecule has 19 heavy (non-hydrogen) atoms. The molecule has 1 aliphatic heterocycles. The van der Waals surface area contributed by atoms with Gasteiger partial charge in [0.15, 0.2) is 0 Å². The molecule has 0 radical (unpaired) electrons. The lowest BCUT2D eigenvalue weighted by molar-refractivity contribution is -0.121. The molecule has 1 aliphatic rings. The van der Waals surface area contributed by atoms with Crippen molar-refractivity contribution < 1.29 is 9.18 Å². The SMILES string of the molecule is CCCNC1CCCN(c2cc(F)ccc2Br)C1=O. The van der Waals surface area contributed by atoms with Crippen molar-refractivity contribution >= 4 is 27.5 Å². The van der Waals surface area contributed by atoms with Crippen LogP contribution in [0.4, 0.5) is 10.1 Å². The van der Waals surface area contributed by atoms with E-state index in [4.69, 9.17) is 0 Å². The van der Waals surface area contributed by atoms with E-state index in [-0.39, 0.29) is 17.8 Å². The molecule has 1 unspecified atom stereocenters. The molecule has 1 fully saturated rings. The highest BCUT2D eigenvalue weighted by Gasteiger charge is 2.30. The number of piperidine rings is 1. The molecule has 1 amide bonds. The van der Waals surface area contributed by atoms with E-state index >= 15 is 0 Å². The summed E-state index contributed by atoms with van der Waals surface area (Å²) in [5.41, 5.74) is 0.619. The largest absolute Gasteiger partial charge is 0.310 e. The molecule has 0 saturated carbocycles. The maximum Gasteiger partial charge on any atom is 0.244 e. The standard InChI is InChI=1S/C14H18BrFN2O/c1-2-7-17-12-4-3-8-18(14(12)19)13-9-10(16)5-6-11(13)15/h5-6,9,12,17H,2-4,7-8H2,1H3. The first kappa shape index (κ1) is 14.5. The predicted molar refractivity (Wildman–Crippen MR) is 77.8 cm³/mol. The summed E-state index contributed by atoms with van der Waals surface area (Å²) in [6.45, 7) is 3.54. The molecule has 3 nitrogen and oxygen atoms in total. The van der Waals surface area contributed by atoms with Gasteiger partial charge in [0.25, 0.3) is 0 Å². The Kier molecular flexibility index (Phi) is 4.93. The van der Waals surface area contributed by atoms with Gasteiger partial charge in [0.1, 0.15) is 5.82 Å². The van der Waals surface area contributed by atoms with Gasteiger partial charge in [0, 0.05) is 11.0 Å². The van der Waals surface area contributed by atoms with Crippen LogP contribution < -0.4 is 10.2 Å². The zero-order chi connectivity index (χ0) is 13.8. The van der Waals surface area contributed by atoms with Crippen LogP contribution in [0.25, 0.3) is 0 Å². The minimum Gasteiger partial charge on any atom is -0.310 e. The number of rotatable bonds is 4. The van der Waals surface area contributed by atoms with Crippen LogP contribution in [0, 0.1) is 5.82 Å². The van der Waals surface area contributed by atoms with Crippen molar-refractivity contribution in [1.29, 1.82) is 0 Å². The Hall–Kier alpha value is -0.940. The van der Waals surface area contributed by atoms with E-state index in [9.17, 15) is 9.18 Å². The van der Waals surface area contributed by atoms with Crippen molar-refractivity contribution in [3.63, 3.8) is 0 Å². The average Bonchev–Trinajstić information content (AvgIpc) is 2.41. The van der Waals surface area contributed by atoms with Crippen LogP contribution in [0.3, 0.4) is 0 Å². The van der Waals surface area contributed by atoms with E-state index in [1.807, 2.05) is 0 Å². The van der Waals surface area contributed by atoms with Gasteiger partial charge in [-0.05, 0) is 59.9 Å². The van der Waals surface area contributed by atoms with Gasteiger partial charge in [-0.2, -0.15) is 0 Å². The Bertz CT molecular complexity index is 467. The zero-order valence-corrected chi connectivity index (χ0v) is 12.5. The van der Waals surface area contributed by atoms with Crippen molar-refractivity contribution in [3.05, 3.63) is 28.5 Å². The van der Waals surface area contributed by atoms with Crippen molar-refractivity contribution in [2.45, 2.75) is 32.2 Å². The van der Waals surface area contributed by atoms with Gasteiger partial charge in [-0.15, -0.1) is 0 Å². The Labute approximate surface area is 121 Å². The maximum atomic E-state index is 13.4. The number of carbonyl (C=O) groups excluding carboxylic acids is 1. The summed E-state index contributed by atoms with van der Waals surface area (Å²) in [7, 11) is 0. The van der Waals surface area contributed by atoms with Gasteiger partial charge in [0.2, 0.25) is 5.91 Å². The molecule has 0 spiro atoms. The Balaban J connectivity index is 2.19. The number of nitrogens with one attached hydrogen (secondary N) is 1. The first-order chi connectivity index (χ1) is 9.13. The third-order valence-electron chi connectivity index (χ3n) is 3.28. The molecular weight excluding hydrogens is 311 g/mol. The molecule has 1 N–H and O–H groups in total. The minimum absolute atomic E-state index is 0.0333. The quantitative estimate of drug-likeness (QED) is 0.921. The third-order valence-corrected chi connectivity index (χ3v) is 3.95. The first-order valence-electron chi connectivity index (χ1n) is 6.63. The second kappa shape index (κ2) is 6.48. The van der Waals surface area contributed by atoms with Crippen molar-refractivity contribution in [3.8, 4) is 0 Å². The molecule has 2 rings (SSSR count). The second-order valence-electron chi connectivity index (χ2n) is 4.73. The van der Waals surface area contributed by atoms with Crippen LogP contribution in [-0.2, 0) is 4.79 Å². The molecule has 1 saturated heterocycles. The lowest BCUT2D eigenvalue weighted by atomic mass is 10.0. The van der Waals surface area contributed by atoms with Crippen LogP contribution in [0.1, 0.15) is 26.2 Å². The molecule has 1 aromatic rings.